The number of amides is 1. The van der Waals surface area contributed by atoms with Crippen molar-refractivity contribution in [3.63, 3.8) is 0 Å². The molecule has 2 heterocycles. The van der Waals surface area contributed by atoms with Gasteiger partial charge in [0.05, 0.1) is 15.7 Å². The number of aromatic nitrogens is 2. The number of hydrogen-bond acceptors (Lipinski definition) is 6. The Morgan fingerprint density at radius 1 is 1.52 bits per heavy atom. The van der Waals surface area contributed by atoms with E-state index in [0.717, 1.165) is 3.79 Å². The molecule has 3 aromatic rings. The van der Waals surface area contributed by atoms with Gasteiger partial charge in [-0.2, -0.15) is 0 Å². The van der Waals surface area contributed by atoms with E-state index < -0.39 is 0 Å². The number of oxazole rings is 1. The Labute approximate surface area is 141 Å². The first-order chi connectivity index (χ1) is 10.1. The standard InChI is InChI=1S/C12H7BrClN3O2S2/c13-9-4-15-11(21-9)17-10(18)5-20-12-16-7-3-6(14)1-2-8(7)19-12/h1-4H,5H2,(H,15,17,18). The summed E-state index contributed by atoms with van der Waals surface area (Å²) in [4.78, 5) is 20.1. The number of carbonyl (C=O) groups is 1. The molecule has 2 aromatic heterocycles. The number of thioether (sulfide) groups is 1. The maximum Gasteiger partial charge on any atom is 0.257 e. The van der Waals surface area contributed by atoms with Gasteiger partial charge in [0.2, 0.25) is 5.91 Å². The lowest BCUT2D eigenvalue weighted by Crippen LogP contribution is -2.13. The van der Waals surface area contributed by atoms with E-state index in [9.17, 15) is 4.79 Å². The van der Waals surface area contributed by atoms with E-state index in [-0.39, 0.29) is 11.7 Å². The van der Waals surface area contributed by atoms with Gasteiger partial charge < -0.3 is 9.73 Å². The SMILES string of the molecule is O=C(CSc1nc2cc(Cl)ccc2o1)Nc1ncc(Br)s1. The molecule has 0 fully saturated rings. The van der Waals surface area contributed by atoms with Crippen LogP contribution in [-0.4, -0.2) is 21.6 Å². The molecule has 0 spiro atoms. The largest absolute Gasteiger partial charge is 0.431 e. The van der Waals surface area contributed by atoms with Gasteiger partial charge in [-0.15, -0.1) is 0 Å². The quantitative estimate of drug-likeness (QED) is 0.651. The summed E-state index contributed by atoms with van der Waals surface area (Å²) in [5.74, 6) is 0.0275. The summed E-state index contributed by atoms with van der Waals surface area (Å²) < 4.78 is 6.38. The van der Waals surface area contributed by atoms with Crippen molar-refractivity contribution in [1.29, 1.82) is 0 Å². The normalized spacial score (nSPS) is 11.0. The Morgan fingerprint density at radius 3 is 3.14 bits per heavy atom. The summed E-state index contributed by atoms with van der Waals surface area (Å²) in [6.45, 7) is 0. The lowest BCUT2D eigenvalue weighted by Gasteiger charge is -1.98. The summed E-state index contributed by atoms with van der Waals surface area (Å²) in [5.41, 5.74) is 1.32. The van der Waals surface area contributed by atoms with Crippen LogP contribution >= 0.6 is 50.6 Å². The van der Waals surface area contributed by atoms with Crippen LogP contribution in [0.5, 0.6) is 0 Å². The van der Waals surface area contributed by atoms with Gasteiger partial charge in [0.15, 0.2) is 10.7 Å². The minimum absolute atomic E-state index is 0.165. The number of nitrogens with one attached hydrogen (secondary N) is 1. The molecular formula is C12H7BrClN3O2S2. The fourth-order valence-corrected chi connectivity index (χ4v) is 3.46. The van der Waals surface area contributed by atoms with Gasteiger partial charge in [0.25, 0.3) is 5.22 Å². The molecule has 108 valence electrons. The Balaban J connectivity index is 1.61. The van der Waals surface area contributed by atoms with Crippen LogP contribution < -0.4 is 5.32 Å². The van der Waals surface area contributed by atoms with E-state index in [1.165, 1.54) is 23.1 Å². The van der Waals surface area contributed by atoms with Crippen molar-refractivity contribution in [2.75, 3.05) is 11.1 Å². The second-order valence-electron chi connectivity index (χ2n) is 3.90. The number of fused-ring (bicyclic) bond motifs is 1. The van der Waals surface area contributed by atoms with Gasteiger partial charge in [0.1, 0.15) is 5.52 Å². The number of nitrogens with zero attached hydrogens (tertiary/aromatic N) is 2. The van der Waals surface area contributed by atoms with E-state index >= 15 is 0 Å². The van der Waals surface area contributed by atoms with Crippen LogP contribution in [0.3, 0.4) is 0 Å². The van der Waals surface area contributed by atoms with Crippen molar-refractivity contribution in [1.82, 2.24) is 9.97 Å². The lowest BCUT2D eigenvalue weighted by atomic mass is 10.3. The first kappa shape index (κ1) is 14.8. The molecular weight excluding hydrogens is 398 g/mol. The van der Waals surface area contributed by atoms with Crippen molar-refractivity contribution in [3.05, 3.63) is 33.2 Å². The molecule has 9 heteroatoms. The monoisotopic (exact) mass is 403 g/mol. The van der Waals surface area contributed by atoms with Gasteiger partial charge in [-0.1, -0.05) is 34.7 Å². The van der Waals surface area contributed by atoms with Crippen molar-refractivity contribution >= 4 is 72.8 Å². The molecule has 0 aliphatic rings. The number of rotatable bonds is 4. The van der Waals surface area contributed by atoms with E-state index in [4.69, 9.17) is 16.0 Å². The van der Waals surface area contributed by atoms with Gasteiger partial charge >= 0.3 is 0 Å². The van der Waals surface area contributed by atoms with Crippen molar-refractivity contribution < 1.29 is 9.21 Å². The zero-order valence-corrected chi connectivity index (χ0v) is 14.3. The van der Waals surface area contributed by atoms with Gasteiger partial charge in [-0.3, -0.25) is 4.79 Å². The molecule has 0 saturated carbocycles. The zero-order chi connectivity index (χ0) is 14.8. The van der Waals surface area contributed by atoms with Crippen LogP contribution in [0, 0.1) is 0 Å². The third-order valence-corrected chi connectivity index (χ3v) is 4.84. The Hall–Kier alpha value is -1.09. The van der Waals surface area contributed by atoms with Crippen molar-refractivity contribution in [2.45, 2.75) is 5.22 Å². The summed E-state index contributed by atoms with van der Waals surface area (Å²) >= 11 is 11.7. The molecule has 21 heavy (non-hydrogen) atoms. The molecule has 0 unspecified atom stereocenters. The summed E-state index contributed by atoms with van der Waals surface area (Å²) in [7, 11) is 0. The topological polar surface area (TPSA) is 68.0 Å². The van der Waals surface area contributed by atoms with Crippen LogP contribution in [0.15, 0.2) is 37.8 Å². The highest BCUT2D eigenvalue weighted by Crippen LogP contribution is 2.26. The molecule has 0 aliphatic carbocycles. The smallest absolute Gasteiger partial charge is 0.257 e. The number of benzene rings is 1. The maximum atomic E-state index is 11.8. The third kappa shape index (κ3) is 3.76. The number of hydrogen-bond donors (Lipinski definition) is 1. The first-order valence-electron chi connectivity index (χ1n) is 5.70. The second-order valence-corrected chi connectivity index (χ2v) is 7.67. The Bertz CT molecular complexity index is 805. The van der Waals surface area contributed by atoms with Gasteiger partial charge in [0, 0.05) is 5.02 Å². The minimum Gasteiger partial charge on any atom is -0.431 e. The van der Waals surface area contributed by atoms with Gasteiger partial charge in [-0.05, 0) is 34.1 Å². The molecule has 0 bridgehead atoms. The molecule has 1 amide bonds. The highest BCUT2D eigenvalue weighted by atomic mass is 79.9. The molecule has 3 rings (SSSR count). The van der Waals surface area contributed by atoms with Crippen molar-refractivity contribution in [3.8, 4) is 0 Å². The van der Waals surface area contributed by atoms with Gasteiger partial charge in [-0.25, -0.2) is 9.97 Å². The second kappa shape index (κ2) is 6.35. The number of anilines is 1. The summed E-state index contributed by atoms with van der Waals surface area (Å²) in [5, 5.41) is 4.29. The first-order valence-corrected chi connectivity index (χ1v) is 8.67. The predicted octanol–water partition coefficient (Wildman–Crippen LogP) is 4.43. The summed E-state index contributed by atoms with van der Waals surface area (Å²) in [6.07, 6.45) is 1.64. The highest BCUT2D eigenvalue weighted by Gasteiger charge is 2.11. The highest BCUT2D eigenvalue weighted by molar-refractivity contribution is 9.11. The fraction of sp³-hybridized carbons (Fsp3) is 0.0833. The Morgan fingerprint density at radius 2 is 2.38 bits per heavy atom. The van der Waals surface area contributed by atoms with E-state index in [1.54, 1.807) is 24.4 Å². The summed E-state index contributed by atoms with van der Waals surface area (Å²) in [6, 6.07) is 5.20. The minimum atomic E-state index is -0.165. The molecule has 0 saturated heterocycles. The number of carbonyl (C=O) groups excluding carboxylic acids is 1. The van der Waals surface area contributed by atoms with Crippen LogP contribution in [-0.2, 0) is 4.79 Å². The maximum absolute atomic E-state index is 11.8. The van der Waals surface area contributed by atoms with Crippen molar-refractivity contribution in [2.24, 2.45) is 0 Å². The lowest BCUT2D eigenvalue weighted by molar-refractivity contribution is -0.113. The average molecular weight is 405 g/mol. The molecule has 0 radical (unpaired) electrons. The average Bonchev–Trinajstić information content (AvgIpc) is 3.02. The Kier molecular flexibility index (Phi) is 4.48. The van der Waals surface area contributed by atoms with Crippen LogP contribution in [0.25, 0.3) is 11.1 Å². The molecule has 1 N–H and O–H groups in total. The molecule has 1 aromatic carbocycles. The van der Waals surface area contributed by atoms with Crippen LogP contribution in [0.4, 0.5) is 5.13 Å². The number of thiazole rings is 1. The van der Waals surface area contributed by atoms with E-state index in [1.807, 2.05) is 0 Å². The molecule has 5 nitrogen and oxygen atoms in total. The predicted molar refractivity (Wildman–Crippen MR) is 88.2 cm³/mol. The molecule has 0 atom stereocenters. The third-order valence-electron chi connectivity index (χ3n) is 2.38. The zero-order valence-electron chi connectivity index (χ0n) is 10.3. The number of halogens is 2. The van der Waals surface area contributed by atoms with Crippen LogP contribution in [0.2, 0.25) is 5.02 Å². The van der Waals surface area contributed by atoms with E-state index in [0.29, 0.717) is 26.5 Å². The fourth-order valence-electron chi connectivity index (χ4n) is 1.54. The molecule has 0 aliphatic heterocycles. The van der Waals surface area contributed by atoms with E-state index in [2.05, 4.69) is 31.2 Å². The van der Waals surface area contributed by atoms with Crippen LogP contribution in [0.1, 0.15) is 0 Å².